The van der Waals surface area contributed by atoms with Crippen molar-refractivity contribution in [2.24, 2.45) is 0 Å². The minimum Gasteiger partial charge on any atom is -0.478 e. The number of carboxylic acid groups (broad SMARTS) is 1. The third kappa shape index (κ3) is 3.45. The first-order valence-electron chi connectivity index (χ1n) is 5.72. The molecule has 0 aliphatic heterocycles. The molecule has 2 N–H and O–H groups in total. The smallest absolute Gasteiger partial charge is 0.338 e. The van der Waals surface area contributed by atoms with Crippen molar-refractivity contribution in [3.05, 3.63) is 40.7 Å². The Balaban J connectivity index is 1.97. The molecule has 19 heavy (non-hydrogen) atoms. The van der Waals surface area contributed by atoms with Gasteiger partial charge in [0.05, 0.1) is 11.8 Å². The molecule has 2 rings (SSSR count). The standard InChI is InChI=1S/C13H13NO4S/c1-8-7-10(13(16)17)12(19-8)14-11(15)5-4-9-3-2-6-18-9/h2-3,6-7H,4-5H2,1H3,(H,14,15)(H,16,17). The zero-order chi connectivity index (χ0) is 13.8. The van der Waals surface area contributed by atoms with Crippen LogP contribution in [0.5, 0.6) is 0 Å². The van der Waals surface area contributed by atoms with Crippen molar-refractivity contribution in [3.8, 4) is 0 Å². The Morgan fingerprint density at radius 3 is 2.89 bits per heavy atom. The van der Waals surface area contributed by atoms with E-state index in [0.29, 0.717) is 11.4 Å². The Bertz CT molecular complexity index is 586. The largest absolute Gasteiger partial charge is 0.478 e. The van der Waals surface area contributed by atoms with Crippen molar-refractivity contribution < 1.29 is 19.1 Å². The molecule has 0 bridgehead atoms. The van der Waals surface area contributed by atoms with Crippen molar-refractivity contribution in [2.45, 2.75) is 19.8 Å². The normalized spacial score (nSPS) is 10.4. The highest BCUT2D eigenvalue weighted by Crippen LogP contribution is 2.27. The minimum absolute atomic E-state index is 0.133. The van der Waals surface area contributed by atoms with Gasteiger partial charge >= 0.3 is 5.97 Å². The van der Waals surface area contributed by atoms with Gasteiger partial charge in [0.2, 0.25) is 5.91 Å². The number of hydrogen-bond acceptors (Lipinski definition) is 4. The van der Waals surface area contributed by atoms with E-state index >= 15 is 0 Å². The maximum atomic E-state index is 11.8. The Morgan fingerprint density at radius 1 is 1.47 bits per heavy atom. The van der Waals surface area contributed by atoms with Crippen LogP contribution in [-0.2, 0) is 11.2 Å². The summed E-state index contributed by atoms with van der Waals surface area (Å²) < 4.78 is 5.13. The lowest BCUT2D eigenvalue weighted by Crippen LogP contribution is -2.13. The van der Waals surface area contributed by atoms with E-state index in [4.69, 9.17) is 9.52 Å². The van der Waals surface area contributed by atoms with Crippen LogP contribution in [0, 0.1) is 6.92 Å². The fourth-order valence-electron chi connectivity index (χ4n) is 1.65. The van der Waals surface area contributed by atoms with Crippen LogP contribution in [0.15, 0.2) is 28.9 Å². The van der Waals surface area contributed by atoms with Gasteiger partial charge in [-0.1, -0.05) is 0 Å². The molecule has 0 spiro atoms. The molecule has 1 amide bonds. The van der Waals surface area contributed by atoms with Crippen LogP contribution in [0.1, 0.15) is 27.4 Å². The number of amides is 1. The van der Waals surface area contributed by atoms with E-state index in [0.717, 1.165) is 10.6 Å². The average molecular weight is 279 g/mol. The SMILES string of the molecule is Cc1cc(C(=O)O)c(NC(=O)CCc2ccco2)s1. The molecule has 0 saturated carbocycles. The van der Waals surface area contributed by atoms with Gasteiger partial charge < -0.3 is 14.8 Å². The predicted octanol–water partition coefficient (Wildman–Crippen LogP) is 2.92. The number of carboxylic acids is 1. The van der Waals surface area contributed by atoms with Gasteiger partial charge in [-0.2, -0.15) is 0 Å². The lowest BCUT2D eigenvalue weighted by molar-refractivity contribution is -0.116. The van der Waals surface area contributed by atoms with E-state index in [1.165, 1.54) is 11.3 Å². The molecular weight excluding hydrogens is 266 g/mol. The Morgan fingerprint density at radius 2 is 2.26 bits per heavy atom. The Labute approximate surface area is 113 Å². The second kappa shape index (κ2) is 5.71. The van der Waals surface area contributed by atoms with Gasteiger partial charge in [0, 0.05) is 17.7 Å². The summed E-state index contributed by atoms with van der Waals surface area (Å²) in [5.74, 6) is -0.526. The molecule has 2 aromatic rings. The van der Waals surface area contributed by atoms with Gasteiger partial charge in [0.15, 0.2) is 0 Å². The monoisotopic (exact) mass is 279 g/mol. The van der Waals surface area contributed by atoms with Crippen molar-refractivity contribution in [2.75, 3.05) is 5.32 Å². The molecule has 0 fully saturated rings. The molecule has 0 saturated heterocycles. The van der Waals surface area contributed by atoms with Gasteiger partial charge in [0.25, 0.3) is 0 Å². The van der Waals surface area contributed by atoms with Crippen LogP contribution in [0.3, 0.4) is 0 Å². The highest BCUT2D eigenvalue weighted by atomic mass is 32.1. The summed E-state index contributed by atoms with van der Waals surface area (Å²) in [7, 11) is 0. The maximum Gasteiger partial charge on any atom is 0.338 e. The Kier molecular flexibility index (Phi) is 4.01. The van der Waals surface area contributed by atoms with E-state index < -0.39 is 5.97 Å². The molecule has 2 heterocycles. The van der Waals surface area contributed by atoms with Crippen molar-refractivity contribution >= 4 is 28.2 Å². The quantitative estimate of drug-likeness (QED) is 0.882. The number of anilines is 1. The lowest BCUT2D eigenvalue weighted by atomic mass is 10.2. The highest BCUT2D eigenvalue weighted by molar-refractivity contribution is 7.16. The molecule has 5 nitrogen and oxygen atoms in total. The van der Waals surface area contributed by atoms with Crippen molar-refractivity contribution in [1.29, 1.82) is 0 Å². The van der Waals surface area contributed by atoms with E-state index in [1.54, 1.807) is 31.4 Å². The summed E-state index contributed by atoms with van der Waals surface area (Å²) in [5.41, 5.74) is 0.133. The fourth-order valence-corrected chi connectivity index (χ4v) is 2.57. The first-order chi connectivity index (χ1) is 9.06. The molecule has 0 aliphatic rings. The summed E-state index contributed by atoms with van der Waals surface area (Å²) in [4.78, 5) is 23.6. The zero-order valence-electron chi connectivity index (χ0n) is 10.3. The first-order valence-corrected chi connectivity index (χ1v) is 6.54. The van der Waals surface area contributed by atoms with E-state index in [-0.39, 0.29) is 17.9 Å². The van der Waals surface area contributed by atoms with Gasteiger partial charge in [0.1, 0.15) is 10.8 Å². The summed E-state index contributed by atoms with van der Waals surface area (Å²) in [5, 5.41) is 12.0. The average Bonchev–Trinajstić information content (AvgIpc) is 2.96. The summed E-state index contributed by atoms with van der Waals surface area (Å²) >= 11 is 1.26. The van der Waals surface area contributed by atoms with Gasteiger partial charge in [-0.15, -0.1) is 11.3 Å². The topological polar surface area (TPSA) is 79.5 Å². The first kappa shape index (κ1) is 13.4. The van der Waals surface area contributed by atoms with Crippen LogP contribution in [-0.4, -0.2) is 17.0 Å². The number of nitrogens with one attached hydrogen (secondary N) is 1. The van der Waals surface area contributed by atoms with Gasteiger partial charge in [-0.25, -0.2) is 4.79 Å². The molecule has 100 valence electrons. The molecular formula is C13H13NO4S. The van der Waals surface area contributed by atoms with Crippen LogP contribution in [0.25, 0.3) is 0 Å². The number of thiophene rings is 1. The summed E-state index contributed by atoms with van der Waals surface area (Å²) in [6.07, 6.45) is 2.30. The Hall–Kier alpha value is -2.08. The molecule has 6 heteroatoms. The number of hydrogen-bond donors (Lipinski definition) is 2. The van der Waals surface area contributed by atoms with E-state index in [9.17, 15) is 9.59 Å². The highest BCUT2D eigenvalue weighted by Gasteiger charge is 2.15. The van der Waals surface area contributed by atoms with Crippen LogP contribution in [0.2, 0.25) is 0 Å². The minimum atomic E-state index is -1.04. The van der Waals surface area contributed by atoms with Crippen LogP contribution in [0.4, 0.5) is 5.00 Å². The van der Waals surface area contributed by atoms with Crippen LogP contribution >= 0.6 is 11.3 Å². The maximum absolute atomic E-state index is 11.8. The molecule has 0 atom stereocenters. The van der Waals surface area contributed by atoms with Crippen molar-refractivity contribution in [1.82, 2.24) is 0 Å². The number of carbonyl (C=O) groups excluding carboxylic acids is 1. The molecule has 0 radical (unpaired) electrons. The number of rotatable bonds is 5. The lowest BCUT2D eigenvalue weighted by Gasteiger charge is -2.03. The number of aryl methyl sites for hydroxylation is 2. The number of carbonyl (C=O) groups is 2. The van der Waals surface area contributed by atoms with Gasteiger partial charge in [-0.05, 0) is 25.1 Å². The molecule has 0 unspecified atom stereocenters. The second-order valence-electron chi connectivity index (χ2n) is 4.03. The second-order valence-corrected chi connectivity index (χ2v) is 5.29. The fraction of sp³-hybridized carbons (Fsp3) is 0.231. The summed E-state index contributed by atoms with van der Waals surface area (Å²) in [6, 6.07) is 5.11. The number of aromatic carboxylic acids is 1. The van der Waals surface area contributed by atoms with Crippen molar-refractivity contribution in [3.63, 3.8) is 0 Å². The van der Waals surface area contributed by atoms with E-state index in [1.807, 2.05) is 0 Å². The zero-order valence-corrected chi connectivity index (χ0v) is 11.1. The molecule has 0 aliphatic carbocycles. The predicted molar refractivity (Wildman–Crippen MR) is 71.7 cm³/mol. The van der Waals surface area contributed by atoms with E-state index in [2.05, 4.69) is 5.32 Å². The molecule has 0 aromatic carbocycles. The van der Waals surface area contributed by atoms with Gasteiger partial charge in [-0.3, -0.25) is 4.79 Å². The third-order valence-corrected chi connectivity index (χ3v) is 3.48. The third-order valence-electron chi connectivity index (χ3n) is 2.52. The molecule has 2 aromatic heterocycles. The summed E-state index contributed by atoms with van der Waals surface area (Å²) in [6.45, 7) is 1.80. The van der Waals surface area contributed by atoms with Crippen LogP contribution < -0.4 is 5.32 Å². The number of furan rings is 1.